The lowest BCUT2D eigenvalue weighted by Gasteiger charge is -1.99. The van der Waals surface area contributed by atoms with E-state index in [1.807, 2.05) is 23.7 Å². The van der Waals surface area contributed by atoms with Crippen LogP contribution in [0.3, 0.4) is 0 Å². The van der Waals surface area contributed by atoms with Crippen molar-refractivity contribution in [3.8, 4) is 11.1 Å². The van der Waals surface area contributed by atoms with Gasteiger partial charge in [0.2, 0.25) is 0 Å². The van der Waals surface area contributed by atoms with Crippen LogP contribution in [0.25, 0.3) is 11.1 Å². The van der Waals surface area contributed by atoms with Crippen molar-refractivity contribution in [3.63, 3.8) is 0 Å². The van der Waals surface area contributed by atoms with Crippen molar-refractivity contribution >= 4 is 5.82 Å². The van der Waals surface area contributed by atoms with Gasteiger partial charge in [-0.05, 0) is 31.0 Å². The normalized spacial score (nSPS) is 10.6. The molecule has 2 aromatic rings. The number of aryl methyl sites for hydroxylation is 2. The lowest BCUT2D eigenvalue weighted by Crippen LogP contribution is -1.96. The Hall–Kier alpha value is -1.84. The van der Waals surface area contributed by atoms with Crippen molar-refractivity contribution in [2.45, 2.75) is 26.8 Å². The fourth-order valence-electron chi connectivity index (χ4n) is 1.76. The number of hydrogen-bond acceptors (Lipinski definition) is 3. The van der Waals surface area contributed by atoms with E-state index in [1.54, 1.807) is 6.20 Å². The maximum absolute atomic E-state index is 5.67. The molecule has 2 N–H and O–H groups in total. The van der Waals surface area contributed by atoms with E-state index in [9.17, 15) is 0 Å². The zero-order chi connectivity index (χ0) is 11.5. The van der Waals surface area contributed by atoms with Crippen molar-refractivity contribution in [1.29, 1.82) is 0 Å². The Bertz CT molecular complexity index is 488. The monoisotopic (exact) mass is 216 g/mol. The number of nitrogens with zero attached hydrogens (tertiary/aromatic N) is 3. The summed E-state index contributed by atoms with van der Waals surface area (Å²) >= 11 is 0. The largest absolute Gasteiger partial charge is 0.384 e. The Labute approximate surface area is 95.1 Å². The molecule has 0 radical (unpaired) electrons. The maximum atomic E-state index is 5.67. The van der Waals surface area contributed by atoms with Gasteiger partial charge in [0.15, 0.2) is 0 Å². The van der Waals surface area contributed by atoms with E-state index >= 15 is 0 Å². The number of hydrogen-bond donors (Lipinski definition) is 1. The quantitative estimate of drug-likeness (QED) is 0.856. The second-order valence-electron chi connectivity index (χ2n) is 3.86. The highest BCUT2D eigenvalue weighted by Crippen LogP contribution is 2.23. The van der Waals surface area contributed by atoms with Crippen LogP contribution in [0.5, 0.6) is 0 Å². The van der Waals surface area contributed by atoms with E-state index in [0.29, 0.717) is 5.82 Å². The molecule has 4 heteroatoms. The molecule has 2 rings (SSSR count). The van der Waals surface area contributed by atoms with Gasteiger partial charge in [-0.3, -0.25) is 4.68 Å². The van der Waals surface area contributed by atoms with Crippen molar-refractivity contribution in [1.82, 2.24) is 14.8 Å². The molecule has 2 heterocycles. The first kappa shape index (κ1) is 10.7. The SMILES string of the molecule is CCCn1cc(-c2ccnc(N)c2)c(C)n1. The zero-order valence-corrected chi connectivity index (χ0v) is 9.64. The van der Waals surface area contributed by atoms with E-state index in [0.717, 1.165) is 29.8 Å². The number of anilines is 1. The third kappa shape index (κ3) is 2.05. The van der Waals surface area contributed by atoms with Crippen molar-refractivity contribution in [3.05, 3.63) is 30.2 Å². The third-order valence-electron chi connectivity index (χ3n) is 2.49. The summed E-state index contributed by atoms with van der Waals surface area (Å²) in [5, 5.41) is 4.46. The van der Waals surface area contributed by atoms with Crippen LogP contribution in [-0.4, -0.2) is 14.8 Å². The molecule has 0 aliphatic rings. The fourth-order valence-corrected chi connectivity index (χ4v) is 1.76. The molecule has 0 unspecified atom stereocenters. The van der Waals surface area contributed by atoms with E-state index in [1.165, 1.54) is 0 Å². The molecule has 0 amide bonds. The predicted molar refractivity (Wildman–Crippen MR) is 64.9 cm³/mol. The van der Waals surface area contributed by atoms with E-state index in [-0.39, 0.29) is 0 Å². The van der Waals surface area contributed by atoms with Gasteiger partial charge in [0, 0.05) is 24.5 Å². The number of nitrogens with two attached hydrogens (primary N) is 1. The highest BCUT2D eigenvalue weighted by Gasteiger charge is 2.07. The Morgan fingerprint density at radius 1 is 1.44 bits per heavy atom. The smallest absolute Gasteiger partial charge is 0.123 e. The van der Waals surface area contributed by atoms with Gasteiger partial charge in [-0.25, -0.2) is 4.98 Å². The second-order valence-corrected chi connectivity index (χ2v) is 3.86. The van der Waals surface area contributed by atoms with Gasteiger partial charge in [-0.1, -0.05) is 6.92 Å². The van der Waals surface area contributed by atoms with Crippen molar-refractivity contribution in [2.75, 3.05) is 5.73 Å². The van der Waals surface area contributed by atoms with Crippen molar-refractivity contribution < 1.29 is 0 Å². The van der Waals surface area contributed by atoms with Gasteiger partial charge in [0.1, 0.15) is 5.82 Å². The number of pyridine rings is 1. The molecule has 0 bridgehead atoms. The van der Waals surface area contributed by atoms with Crippen LogP contribution >= 0.6 is 0 Å². The van der Waals surface area contributed by atoms with Gasteiger partial charge in [-0.15, -0.1) is 0 Å². The van der Waals surface area contributed by atoms with Crippen LogP contribution in [0.1, 0.15) is 19.0 Å². The summed E-state index contributed by atoms with van der Waals surface area (Å²) < 4.78 is 1.97. The Balaban J connectivity index is 2.40. The van der Waals surface area contributed by atoms with E-state index < -0.39 is 0 Å². The highest BCUT2D eigenvalue weighted by atomic mass is 15.3. The lowest BCUT2D eigenvalue weighted by molar-refractivity contribution is 0.598. The zero-order valence-electron chi connectivity index (χ0n) is 9.64. The first-order valence-electron chi connectivity index (χ1n) is 5.46. The third-order valence-corrected chi connectivity index (χ3v) is 2.49. The summed E-state index contributed by atoms with van der Waals surface area (Å²) in [7, 11) is 0. The van der Waals surface area contributed by atoms with Gasteiger partial charge in [0.05, 0.1) is 5.69 Å². The molecular weight excluding hydrogens is 200 g/mol. The molecular formula is C12H16N4. The minimum Gasteiger partial charge on any atom is -0.384 e. The van der Waals surface area contributed by atoms with Crippen LogP contribution < -0.4 is 5.73 Å². The van der Waals surface area contributed by atoms with Crippen LogP contribution in [0.2, 0.25) is 0 Å². The van der Waals surface area contributed by atoms with E-state index in [2.05, 4.69) is 23.2 Å². The standard InChI is InChI=1S/C12H16N4/c1-3-6-16-8-11(9(2)15-16)10-4-5-14-12(13)7-10/h4-5,7-8H,3,6H2,1-2H3,(H2,13,14). The summed E-state index contributed by atoms with van der Waals surface area (Å²) in [5.41, 5.74) is 8.90. The summed E-state index contributed by atoms with van der Waals surface area (Å²) in [5.74, 6) is 0.542. The number of rotatable bonds is 3. The van der Waals surface area contributed by atoms with Gasteiger partial charge < -0.3 is 5.73 Å². The maximum Gasteiger partial charge on any atom is 0.123 e. The number of aromatic nitrogens is 3. The summed E-state index contributed by atoms with van der Waals surface area (Å²) in [6, 6.07) is 3.83. The fraction of sp³-hybridized carbons (Fsp3) is 0.333. The van der Waals surface area contributed by atoms with Crippen LogP contribution in [0.15, 0.2) is 24.5 Å². The van der Waals surface area contributed by atoms with Crippen LogP contribution in [-0.2, 0) is 6.54 Å². The Morgan fingerprint density at radius 3 is 2.94 bits per heavy atom. The molecule has 4 nitrogen and oxygen atoms in total. The average molecular weight is 216 g/mol. The average Bonchev–Trinajstić information content (AvgIpc) is 2.60. The second kappa shape index (κ2) is 4.35. The molecule has 0 aromatic carbocycles. The summed E-state index contributed by atoms with van der Waals surface area (Å²) in [6.45, 7) is 5.10. The lowest BCUT2D eigenvalue weighted by atomic mass is 10.1. The van der Waals surface area contributed by atoms with E-state index in [4.69, 9.17) is 5.73 Å². The highest BCUT2D eigenvalue weighted by molar-refractivity contribution is 5.67. The first-order valence-corrected chi connectivity index (χ1v) is 5.46. The molecule has 0 spiro atoms. The molecule has 0 saturated carbocycles. The topological polar surface area (TPSA) is 56.7 Å². The molecule has 0 atom stereocenters. The molecule has 16 heavy (non-hydrogen) atoms. The predicted octanol–water partition coefficient (Wildman–Crippen LogP) is 2.25. The molecule has 2 aromatic heterocycles. The van der Waals surface area contributed by atoms with Crippen LogP contribution in [0, 0.1) is 6.92 Å². The molecule has 0 aliphatic heterocycles. The van der Waals surface area contributed by atoms with Crippen LogP contribution in [0.4, 0.5) is 5.82 Å². The number of nitrogen functional groups attached to an aromatic ring is 1. The molecule has 84 valence electrons. The summed E-state index contributed by atoms with van der Waals surface area (Å²) in [4.78, 5) is 3.99. The Morgan fingerprint density at radius 2 is 2.25 bits per heavy atom. The molecule has 0 aliphatic carbocycles. The van der Waals surface area contributed by atoms with Gasteiger partial charge in [0.25, 0.3) is 0 Å². The van der Waals surface area contributed by atoms with Crippen molar-refractivity contribution in [2.24, 2.45) is 0 Å². The van der Waals surface area contributed by atoms with Gasteiger partial charge in [-0.2, -0.15) is 5.10 Å². The minimum absolute atomic E-state index is 0.542. The Kier molecular flexibility index (Phi) is 2.90. The first-order chi connectivity index (χ1) is 7.70. The molecule has 0 fully saturated rings. The summed E-state index contributed by atoms with van der Waals surface area (Å²) in [6.07, 6.45) is 4.87. The minimum atomic E-state index is 0.542. The van der Waals surface area contributed by atoms with Gasteiger partial charge >= 0.3 is 0 Å². The molecule has 0 saturated heterocycles.